The van der Waals surface area contributed by atoms with Crippen molar-refractivity contribution in [2.45, 2.75) is 26.5 Å². The van der Waals surface area contributed by atoms with E-state index in [1.165, 1.54) is 0 Å². The number of carbonyl (C=O) groups is 1. The summed E-state index contributed by atoms with van der Waals surface area (Å²) < 4.78 is 5.85. The monoisotopic (exact) mass is 489 g/mol. The van der Waals surface area contributed by atoms with Crippen molar-refractivity contribution in [3.05, 3.63) is 35.4 Å². The molecule has 1 aliphatic heterocycles. The lowest BCUT2D eigenvalue weighted by Gasteiger charge is -2.34. The number of morpholine rings is 1. The first kappa shape index (κ1) is 23.6. The van der Waals surface area contributed by atoms with Gasteiger partial charge in [0, 0.05) is 45.3 Å². The van der Waals surface area contributed by atoms with Gasteiger partial charge in [-0.1, -0.05) is 26.0 Å². The number of hydrogen-bond acceptors (Lipinski definition) is 4. The van der Waals surface area contributed by atoms with Gasteiger partial charge in [0.1, 0.15) is 0 Å². The van der Waals surface area contributed by atoms with E-state index in [2.05, 4.69) is 34.4 Å². The van der Waals surface area contributed by atoms with Crippen LogP contribution in [0.5, 0.6) is 0 Å². The molecule has 1 amide bonds. The SMILES string of the molecule is CN=C(NCc1ccc(C(N)=O)cc1)NCC1CN(CC(C)C)CCO1.I. The molecule has 0 aromatic heterocycles. The Morgan fingerprint density at radius 2 is 2.04 bits per heavy atom. The molecule has 1 fully saturated rings. The molecule has 2 rings (SSSR count). The molecule has 1 unspecified atom stereocenters. The predicted molar refractivity (Wildman–Crippen MR) is 120 cm³/mol. The quantitative estimate of drug-likeness (QED) is 0.306. The highest BCUT2D eigenvalue weighted by Gasteiger charge is 2.21. The largest absolute Gasteiger partial charge is 0.374 e. The van der Waals surface area contributed by atoms with Crippen LogP contribution >= 0.6 is 24.0 Å². The first-order chi connectivity index (χ1) is 12.5. The highest BCUT2D eigenvalue weighted by molar-refractivity contribution is 14.0. The molecule has 0 spiro atoms. The number of carbonyl (C=O) groups excluding carboxylic acids is 1. The second-order valence-corrected chi connectivity index (χ2v) is 7.01. The summed E-state index contributed by atoms with van der Waals surface area (Å²) in [6.45, 7) is 9.64. The fourth-order valence-corrected chi connectivity index (χ4v) is 2.99. The number of rotatable bonds is 7. The Labute approximate surface area is 179 Å². The van der Waals surface area contributed by atoms with Crippen LogP contribution in [0.3, 0.4) is 0 Å². The molecule has 0 aliphatic carbocycles. The summed E-state index contributed by atoms with van der Waals surface area (Å²) in [7, 11) is 1.75. The smallest absolute Gasteiger partial charge is 0.248 e. The summed E-state index contributed by atoms with van der Waals surface area (Å²) >= 11 is 0. The number of nitrogens with zero attached hydrogens (tertiary/aromatic N) is 2. The van der Waals surface area contributed by atoms with Gasteiger partial charge in [0.25, 0.3) is 0 Å². The van der Waals surface area contributed by atoms with Gasteiger partial charge in [-0.3, -0.25) is 14.7 Å². The van der Waals surface area contributed by atoms with Crippen molar-refractivity contribution in [1.29, 1.82) is 0 Å². The van der Waals surface area contributed by atoms with Crippen LogP contribution in [0.15, 0.2) is 29.3 Å². The summed E-state index contributed by atoms with van der Waals surface area (Å²) in [6, 6.07) is 7.23. The average Bonchev–Trinajstić information content (AvgIpc) is 2.62. The van der Waals surface area contributed by atoms with E-state index < -0.39 is 5.91 Å². The number of halogens is 1. The van der Waals surface area contributed by atoms with Crippen molar-refractivity contribution in [3.8, 4) is 0 Å². The molecule has 0 bridgehead atoms. The number of amides is 1. The maximum absolute atomic E-state index is 11.1. The van der Waals surface area contributed by atoms with Gasteiger partial charge in [0.15, 0.2) is 5.96 Å². The van der Waals surface area contributed by atoms with Gasteiger partial charge in [-0.15, -0.1) is 24.0 Å². The van der Waals surface area contributed by atoms with E-state index in [0.717, 1.165) is 44.3 Å². The third-order valence-electron chi connectivity index (χ3n) is 4.27. The van der Waals surface area contributed by atoms with Gasteiger partial charge in [-0.05, 0) is 23.6 Å². The fraction of sp³-hybridized carbons (Fsp3) is 0.579. The highest BCUT2D eigenvalue weighted by Crippen LogP contribution is 2.07. The van der Waals surface area contributed by atoms with Gasteiger partial charge >= 0.3 is 0 Å². The van der Waals surface area contributed by atoms with Crippen molar-refractivity contribution >= 4 is 35.8 Å². The summed E-state index contributed by atoms with van der Waals surface area (Å²) in [5.74, 6) is 0.978. The van der Waals surface area contributed by atoms with Gasteiger partial charge in [0.05, 0.1) is 12.7 Å². The zero-order valence-electron chi connectivity index (χ0n) is 16.4. The molecule has 1 heterocycles. The predicted octanol–water partition coefficient (Wildman–Crippen LogP) is 1.43. The molecular weight excluding hydrogens is 457 g/mol. The van der Waals surface area contributed by atoms with Crippen LogP contribution in [-0.4, -0.2) is 62.7 Å². The summed E-state index contributed by atoms with van der Waals surface area (Å²) in [6.07, 6.45) is 0.163. The standard InChI is InChI=1S/C19H31N5O2.HI/c1-14(2)12-24-8-9-26-17(13-24)11-23-19(21-3)22-10-15-4-6-16(7-5-15)18(20)25;/h4-7,14,17H,8-13H2,1-3H3,(H2,20,25)(H2,21,22,23);1H. The third-order valence-corrected chi connectivity index (χ3v) is 4.27. The molecule has 0 saturated carbocycles. The number of aliphatic imine (C=N–C) groups is 1. The van der Waals surface area contributed by atoms with Gasteiger partial charge < -0.3 is 21.1 Å². The van der Waals surface area contributed by atoms with Crippen LogP contribution in [0.1, 0.15) is 29.8 Å². The Balaban J connectivity index is 0.00000364. The molecular formula is C19H32IN5O2. The highest BCUT2D eigenvalue weighted by atomic mass is 127. The number of hydrogen-bond donors (Lipinski definition) is 3. The lowest BCUT2D eigenvalue weighted by atomic mass is 10.1. The second kappa shape index (κ2) is 12.1. The second-order valence-electron chi connectivity index (χ2n) is 7.01. The Bertz CT molecular complexity index is 607. The fourth-order valence-electron chi connectivity index (χ4n) is 2.99. The minimum absolute atomic E-state index is 0. The normalized spacial score (nSPS) is 18.1. The van der Waals surface area contributed by atoms with Crippen LogP contribution in [0.2, 0.25) is 0 Å². The molecule has 152 valence electrons. The van der Waals surface area contributed by atoms with Crippen LogP contribution in [0.4, 0.5) is 0 Å². The van der Waals surface area contributed by atoms with Crippen molar-refractivity contribution in [3.63, 3.8) is 0 Å². The van der Waals surface area contributed by atoms with Crippen LogP contribution in [-0.2, 0) is 11.3 Å². The van der Waals surface area contributed by atoms with E-state index in [-0.39, 0.29) is 30.1 Å². The molecule has 8 heteroatoms. The number of benzene rings is 1. The topological polar surface area (TPSA) is 92.0 Å². The molecule has 0 radical (unpaired) electrons. The molecule has 1 aromatic carbocycles. The van der Waals surface area contributed by atoms with Crippen molar-refractivity contribution in [2.24, 2.45) is 16.6 Å². The maximum atomic E-state index is 11.1. The minimum Gasteiger partial charge on any atom is -0.374 e. The molecule has 4 N–H and O–H groups in total. The van der Waals surface area contributed by atoms with E-state index in [4.69, 9.17) is 10.5 Å². The zero-order valence-corrected chi connectivity index (χ0v) is 18.7. The van der Waals surface area contributed by atoms with Crippen molar-refractivity contribution in [2.75, 3.05) is 39.8 Å². The van der Waals surface area contributed by atoms with E-state index in [1.54, 1.807) is 19.2 Å². The summed E-state index contributed by atoms with van der Waals surface area (Å²) in [4.78, 5) is 17.8. The number of primary amides is 1. The summed E-state index contributed by atoms with van der Waals surface area (Å²) in [5.41, 5.74) is 6.82. The van der Waals surface area contributed by atoms with Crippen LogP contribution in [0.25, 0.3) is 0 Å². The number of nitrogens with two attached hydrogens (primary N) is 1. The van der Waals surface area contributed by atoms with Crippen LogP contribution < -0.4 is 16.4 Å². The van der Waals surface area contributed by atoms with Gasteiger partial charge in [0.2, 0.25) is 5.91 Å². The number of ether oxygens (including phenoxy) is 1. The number of nitrogens with one attached hydrogen (secondary N) is 2. The van der Waals surface area contributed by atoms with Crippen molar-refractivity contribution in [1.82, 2.24) is 15.5 Å². The van der Waals surface area contributed by atoms with E-state index >= 15 is 0 Å². The Hall–Kier alpha value is -1.39. The molecule has 7 nitrogen and oxygen atoms in total. The molecule has 1 aliphatic rings. The third kappa shape index (κ3) is 8.44. The lowest BCUT2D eigenvalue weighted by molar-refractivity contribution is -0.0284. The molecule has 1 aromatic rings. The maximum Gasteiger partial charge on any atom is 0.248 e. The first-order valence-corrected chi connectivity index (χ1v) is 9.15. The molecule has 1 saturated heterocycles. The number of guanidine groups is 1. The lowest BCUT2D eigenvalue weighted by Crippen LogP contribution is -2.50. The van der Waals surface area contributed by atoms with Crippen molar-refractivity contribution < 1.29 is 9.53 Å². The van der Waals surface area contributed by atoms with Gasteiger partial charge in [-0.25, -0.2) is 0 Å². The first-order valence-electron chi connectivity index (χ1n) is 9.15. The molecule has 27 heavy (non-hydrogen) atoms. The molecule has 1 atom stereocenters. The van der Waals surface area contributed by atoms with E-state index in [0.29, 0.717) is 18.0 Å². The minimum atomic E-state index is -0.416. The zero-order chi connectivity index (χ0) is 18.9. The van der Waals surface area contributed by atoms with Gasteiger partial charge in [-0.2, -0.15) is 0 Å². The average molecular weight is 489 g/mol. The van der Waals surface area contributed by atoms with E-state index in [9.17, 15) is 4.79 Å². The summed E-state index contributed by atoms with van der Waals surface area (Å²) in [5, 5.41) is 6.60. The van der Waals surface area contributed by atoms with E-state index in [1.807, 2.05) is 12.1 Å². The Morgan fingerprint density at radius 1 is 1.33 bits per heavy atom. The Morgan fingerprint density at radius 3 is 2.63 bits per heavy atom. The van der Waals surface area contributed by atoms with Crippen LogP contribution in [0, 0.1) is 5.92 Å². The Kier molecular flexibility index (Phi) is 10.6.